The van der Waals surface area contributed by atoms with Crippen molar-refractivity contribution in [2.75, 3.05) is 45.6 Å². The molecule has 0 aliphatic carbocycles. The van der Waals surface area contributed by atoms with Crippen LogP contribution in [0.3, 0.4) is 0 Å². The highest BCUT2D eigenvalue weighted by atomic mass is 15.1. The van der Waals surface area contributed by atoms with E-state index in [9.17, 15) is 0 Å². The van der Waals surface area contributed by atoms with Crippen LogP contribution in [0, 0.1) is 5.92 Å². The van der Waals surface area contributed by atoms with Crippen LogP contribution in [0.5, 0.6) is 0 Å². The molecule has 112 valence electrons. The summed E-state index contributed by atoms with van der Waals surface area (Å²) in [7, 11) is 4.34. The molecule has 1 N–H and O–H groups in total. The van der Waals surface area contributed by atoms with Crippen molar-refractivity contribution in [1.82, 2.24) is 14.8 Å². The van der Waals surface area contributed by atoms with Gasteiger partial charge in [0, 0.05) is 19.6 Å². The summed E-state index contributed by atoms with van der Waals surface area (Å²) in [5.41, 5.74) is 1.18. The molecule has 1 fully saturated rings. The number of piperidine rings is 1. The Morgan fingerprint density at radius 3 is 2.70 bits per heavy atom. The van der Waals surface area contributed by atoms with Crippen LogP contribution in [0.1, 0.15) is 25.5 Å². The molecule has 1 saturated heterocycles. The normalized spacial score (nSPS) is 17.6. The second-order valence-electron chi connectivity index (χ2n) is 6.03. The Morgan fingerprint density at radius 1 is 1.30 bits per heavy atom. The monoisotopic (exact) mass is 276 g/mol. The van der Waals surface area contributed by atoms with Crippen LogP contribution in [-0.2, 0) is 6.54 Å². The molecule has 2 rings (SSSR count). The quantitative estimate of drug-likeness (QED) is 0.864. The molecule has 1 aliphatic heterocycles. The lowest BCUT2D eigenvalue weighted by molar-refractivity contribution is 0.155. The fraction of sp³-hybridized carbons (Fsp3) is 0.688. The summed E-state index contributed by atoms with van der Waals surface area (Å²) in [5, 5.41) is 3.28. The van der Waals surface area contributed by atoms with Gasteiger partial charge in [-0.3, -0.25) is 4.90 Å². The molecular weight excluding hydrogens is 248 g/mol. The maximum Gasteiger partial charge on any atom is 0.126 e. The van der Waals surface area contributed by atoms with Crippen molar-refractivity contribution in [2.45, 2.75) is 26.3 Å². The molecule has 0 radical (unpaired) electrons. The van der Waals surface area contributed by atoms with Gasteiger partial charge in [0.1, 0.15) is 5.82 Å². The Bertz CT molecular complexity index is 397. The first-order valence-corrected chi connectivity index (χ1v) is 7.74. The Kier molecular flexibility index (Phi) is 5.80. The average molecular weight is 276 g/mol. The highest BCUT2D eigenvalue weighted by Gasteiger charge is 2.19. The van der Waals surface area contributed by atoms with Crippen LogP contribution in [0.15, 0.2) is 18.2 Å². The number of nitrogens with one attached hydrogen (secondary N) is 1. The first-order valence-electron chi connectivity index (χ1n) is 7.74. The molecule has 1 aliphatic rings. The summed E-state index contributed by atoms with van der Waals surface area (Å²) in [4.78, 5) is 9.50. The second kappa shape index (κ2) is 7.60. The molecule has 1 aromatic rings. The molecule has 0 bridgehead atoms. The van der Waals surface area contributed by atoms with E-state index < -0.39 is 0 Å². The molecular formula is C16H28N4. The molecule has 20 heavy (non-hydrogen) atoms. The van der Waals surface area contributed by atoms with E-state index in [0.717, 1.165) is 24.8 Å². The molecule has 4 nitrogen and oxygen atoms in total. The Balaban J connectivity index is 1.81. The molecule has 0 saturated carbocycles. The van der Waals surface area contributed by atoms with Gasteiger partial charge < -0.3 is 10.2 Å². The summed E-state index contributed by atoms with van der Waals surface area (Å²) in [6, 6.07) is 6.27. The number of nitrogens with zero attached hydrogens (tertiary/aromatic N) is 3. The van der Waals surface area contributed by atoms with Gasteiger partial charge in [0.25, 0.3) is 0 Å². The van der Waals surface area contributed by atoms with Crippen LogP contribution >= 0.6 is 0 Å². The van der Waals surface area contributed by atoms with Crippen molar-refractivity contribution >= 4 is 5.82 Å². The highest BCUT2D eigenvalue weighted by Crippen LogP contribution is 2.19. The van der Waals surface area contributed by atoms with Gasteiger partial charge in [-0.25, -0.2) is 4.98 Å². The maximum absolute atomic E-state index is 4.66. The Hall–Kier alpha value is -1.13. The van der Waals surface area contributed by atoms with E-state index in [1.54, 1.807) is 0 Å². The Labute approximate surface area is 123 Å². The van der Waals surface area contributed by atoms with Gasteiger partial charge in [0.15, 0.2) is 0 Å². The summed E-state index contributed by atoms with van der Waals surface area (Å²) >= 11 is 0. The fourth-order valence-electron chi connectivity index (χ4n) is 2.92. The van der Waals surface area contributed by atoms with E-state index in [0.29, 0.717) is 0 Å². The minimum atomic E-state index is 0.863. The molecule has 0 amide bonds. The van der Waals surface area contributed by atoms with Crippen molar-refractivity contribution in [3.8, 4) is 0 Å². The smallest absolute Gasteiger partial charge is 0.126 e. The average Bonchev–Trinajstić information content (AvgIpc) is 2.41. The zero-order valence-electron chi connectivity index (χ0n) is 13.1. The first-order chi connectivity index (χ1) is 9.67. The third-order valence-electron chi connectivity index (χ3n) is 3.88. The van der Waals surface area contributed by atoms with E-state index >= 15 is 0 Å². The van der Waals surface area contributed by atoms with Gasteiger partial charge in [-0.1, -0.05) is 6.07 Å². The zero-order valence-corrected chi connectivity index (χ0v) is 13.1. The molecule has 1 aromatic heterocycles. The zero-order chi connectivity index (χ0) is 14.4. The molecule has 0 unspecified atom stereocenters. The number of likely N-dealkylation sites (tertiary alicyclic amines) is 1. The third-order valence-corrected chi connectivity index (χ3v) is 3.88. The fourth-order valence-corrected chi connectivity index (χ4v) is 2.92. The highest BCUT2D eigenvalue weighted by molar-refractivity contribution is 5.34. The summed E-state index contributed by atoms with van der Waals surface area (Å²) in [5.74, 6) is 1.86. The van der Waals surface area contributed by atoms with E-state index in [1.165, 1.54) is 38.2 Å². The van der Waals surface area contributed by atoms with Gasteiger partial charge in [-0.15, -0.1) is 0 Å². The molecule has 2 heterocycles. The van der Waals surface area contributed by atoms with Crippen LogP contribution < -0.4 is 5.32 Å². The molecule has 0 atom stereocenters. The molecule has 0 aromatic carbocycles. The van der Waals surface area contributed by atoms with Crippen molar-refractivity contribution < 1.29 is 0 Å². The Morgan fingerprint density at radius 2 is 2.05 bits per heavy atom. The van der Waals surface area contributed by atoms with Crippen molar-refractivity contribution in [3.05, 3.63) is 23.9 Å². The lowest BCUT2D eigenvalue weighted by atomic mass is 9.96. The third kappa shape index (κ3) is 4.76. The van der Waals surface area contributed by atoms with Crippen LogP contribution in [0.2, 0.25) is 0 Å². The van der Waals surface area contributed by atoms with E-state index in [-0.39, 0.29) is 0 Å². The SMILES string of the molecule is CCNc1cccc(CN2CCC(CN(C)C)CC2)n1. The van der Waals surface area contributed by atoms with Crippen molar-refractivity contribution in [3.63, 3.8) is 0 Å². The van der Waals surface area contributed by atoms with Gasteiger partial charge >= 0.3 is 0 Å². The number of hydrogen-bond donors (Lipinski definition) is 1. The van der Waals surface area contributed by atoms with Crippen LogP contribution in [-0.4, -0.2) is 55.1 Å². The standard InChI is InChI=1S/C16H28N4/c1-4-17-16-7-5-6-15(18-16)13-20-10-8-14(9-11-20)12-19(2)3/h5-7,14H,4,8-13H2,1-3H3,(H,17,18). The lowest BCUT2D eigenvalue weighted by Crippen LogP contribution is -2.36. The van der Waals surface area contributed by atoms with Gasteiger partial charge in [-0.2, -0.15) is 0 Å². The number of anilines is 1. The minimum absolute atomic E-state index is 0.863. The van der Waals surface area contributed by atoms with E-state index in [2.05, 4.69) is 53.3 Å². The lowest BCUT2D eigenvalue weighted by Gasteiger charge is -2.33. The van der Waals surface area contributed by atoms with Gasteiger partial charge in [0.2, 0.25) is 0 Å². The van der Waals surface area contributed by atoms with Crippen molar-refractivity contribution in [1.29, 1.82) is 0 Å². The van der Waals surface area contributed by atoms with Crippen LogP contribution in [0.4, 0.5) is 5.82 Å². The van der Waals surface area contributed by atoms with E-state index in [4.69, 9.17) is 0 Å². The largest absolute Gasteiger partial charge is 0.370 e. The maximum atomic E-state index is 4.66. The number of pyridine rings is 1. The molecule has 4 heteroatoms. The van der Waals surface area contributed by atoms with Gasteiger partial charge in [0.05, 0.1) is 5.69 Å². The topological polar surface area (TPSA) is 31.4 Å². The number of rotatable bonds is 6. The summed E-state index contributed by atoms with van der Waals surface area (Å²) in [6.45, 7) is 7.63. The minimum Gasteiger partial charge on any atom is -0.370 e. The number of hydrogen-bond acceptors (Lipinski definition) is 4. The first kappa shape index (κ1) is 15.3. The second-order valence-corrected chi connectivity index (χ2v) is 6.03. The van der Waals surface area contributed by atoms with Crippen LogP contribution in [0.25, 0.3) is 0 Å². The molecule has 0 spiro atoms. The predicted octanol–water partition coefficient (Wildman–Crippen LogP) is 2.29. The number of aromatic nitrogens is 1. The summed E-state index contributed by atoms with van der Waals surface area (Å²) in [6.07, 6.45) is 2.62. The predicted molar refractivity (Wildman–Crippen MR) is 85.0 cm³/mol. The van der Waals surface area contributed by atoms with E-state index in [1.807, 2.05) is 6.07 Å². The van der Waals surface area contributed by atoms with Crippen molar-refractivity contribution in [2.24, 2.45) is 5.92 Å². The van der Waals surface area contributed by atoms with Gasteiger partial charge in [-0.05, 0) is 65.0 Å². The summed E-state index contributed by atoms with van der Waals surface area (Å²) < 4.78 is 0.